The number of hydrogen-bond acceptors (Lipinski definition) is 2. The van der Waals surface area contributed by atoms with E-state index in [1.165, 1.54) is 5.56 Å². The highest BCUT2D eigenvalue weighted by atomic mass is 16.2. The van der Waals surface area contributed by atoms with E-state index >= 15 is 0 Å². The molecular formula is C28H24N4O. The summed E-state index contributed by atoms with van der Waals surface area (Å²) in [6, 6.07) is 30.0. The van der Waals surface area contributed by atoms with E-state index in [2.05, 4.69) is 58.4 Å². The molecular weight excluding hydrogens is 408 g/mol. The maximum Gasteiger partial charge on any atom is 0.273 e. The van der Waals surface area contributed by atoms with Gasteiger partial charge in [0.25, 0.3) is 5.91 Å². The Bertz CT molecular complexity index is 1430. The van der Waals surface area contributed by atoms with Crippen molar-refractivity contribution in [2.75, 3.05) is 0 Å². The molecule has 1 amide bonds. The van der Waals surface area contributed by atoms with Crippen molar-refractivity contribution in [2.45, 2.75) is 13.5 Å². The van der Waals surface area contributed by atoms with Gasteiger partial charge in [0.2, 0.25) is 0 Å². The van der Waals surface area contributed by atoms with Crippen molar-refractivity contribution >= 4 is 23.0 Å². The average molecular weight is 433 g/mol. The predicted molar refractivity (Wildman–Crippen MR) is 133 cm³/mol. The first-order valence-corrected chi connectivity index (χ1v) is 10.9. The molecule has 0 atom stereocenters. The summed E-state index contributed by atoms with van der Waals surface area (Å²) in [7, 11) is 0. The highest BCUT2D eigenvalue weighted by molar-refractivity contribution is 6.02. The highest BCUT2D eigenvalue weighted by Gasteiger charge is 2.14. The summed E-state index contributed by atoms with van der Waals surface area (Å²) in [6.45, 7) is 2.87. The number of para-hydroxylation sites is 2. The third-order valence-electron chi connectivity index (χ3n) is 5.85. The van der Waals surface area contributed by atoms with Crippen LogP contribution in [0.1, 0.15) is 27.2 Å². The molecule has 0 spiro atoms. The maximum absolute atomic E-state index is 12.9. The summed E-state index contributed by atoms with van der Waals surface area (Å²) in [6.07, 6.45) is 5.58. The van der Waals surface area contributed by atoms with E-state index in [1.807, 2.05) is 65.5 Å². The fourth-order valence-corrected chi connectivity index (χ4v) is 4.19. The van der Waals surface area contributed by atoms with E-state index in [9.17, 15) is 4.79 Å². The number of carbonyl (C=O) groups excluding carboxylic acids is 1. The van der Waals surface area contributed by atoms with Crippen LogP contribution < -0.4 is 5.43 Å². The summed E-state index contributed by atoms with van der Waals surface area (Å²) < 4.78 is 4.20. The Morgan fingerprint density at radius 2 is 1.58 bits per heavy atom. The van der Waals surface area contributed by atoms with Gasteiger partial charge in [-0.3, -0.25) is 4.79 Å². The van der Waals surface area contributed by atoms with Crippen molar-refractivity contribution < 1.29 is 4.79 Å². The van der Waals surface area contributed by atoms with Crippen LogP contribution in [0.2, 0.25) is 0 Å². The van der Waals surface area contributed by atoms with Crippen molar-refractivity contribution in [3.8, 4) is 5.69 Å². The largest absolute Gasteiger partial charge is 0.340 e. The van der Waals surface area contributed by atoms with Crippen LogP contribution in [-0.4, -0.2) is 21.3 Å². The molecule has 33 heavy (non-hydrogen) atoms. The van der Waals surface area contributed by atoms with E-state index in [4.69, 9.17) is 0 Å². The Labute approximate surface area is 192 Å². The van der Waals surface area contributed by atoms with E-state index in [0.29, 0.717) is 5.56 Å². The Balaban J connectivity index is 1.43. The lowest BCUT2D eigenvalue weighted by Gasteiger charge is -2.09. The van der Waals surface area contributed by atoms with Gasteiger partial charge in [-0.15, -0.1) is 0 Å². The van der Waals surface area contributed by atoms with Crippen LogP contribution >= 0.6 is 0 Å². The first kappa shape index (κ1) is 20.5. The monoisotopic (exact) mass is 432 g/mol. The van der Waals surface area contributed by atoms with Gasteiger partial charge in [-0.2, -0.15) is 5.10 Å². The van der Waals surface area contributed by atoms with Gasteiger partial charge in [-0.1, -0.05) is 60.7 Å². The van der Waals surface area contributed by atoms with E-state index in [-0.39, 0.29) is 5.91 Å². The van der Waals surface area contributed by atoms with Gasteiger partial charge in [0, 0.05) is 41.1 Å². The van der Waals surface area contributed by atoms with Crippen molar-refractivity contribution in [1.29, 1.82) is 0 Å². The number of benzene rings is 3. The summed E-state index contributed by atoms with van der Waals surface area (Å²) in [5.74, 6) is -0.249. The molecule has 2 heterocycles. The van der Waals surface area contributed by atoms with Gasteiger partial charge in [-0.25, -0.2) is 5.43 Å². The Morgan fingerprint density at radius 1 is 0.879 bits per heavy atom. The first-order chi connectivity index (χ1) is 16.2. The molecule has 1 N–H and O–H groups in total. The lowest BCUT2D eigenvalue weighted by atomic mass is 10.1. The van der Waals surface area contributed by atoms with Crippen LogP contribution in [0.4, 0.5) is 0 Å². The average Bonchev–Trinajstić information content (AvgIpc) is 3.48. The van der Waals surface area contributed by atoms with Crippen LogP contribution in [-0.2, 0) is 6.54 Å². The number of fused-ring (bicyclic) bond motifs is 1. The van der Waals surface area contributed by atoms with Gasteiger partial charge in [0.05, 0.1) is 17.5 Å². The molecule has 3 aromatic carbocycles. The van der Waals surface area contributed by atoms with Gasteiger partial charge < -0.3 is 9.13 Å². The second-order valence-corrected chi connectivity index (χ2v) is 7.89. The fourth-order valence-electron chi connectivity index (χ4n) is 4.19. The van der Waals surface area contributed by atoms with Crippen molar-refractivity contribution in [3.05, 3.63) is 126 Å². The van der Waals surface area contributed by atoms with Crippen molar-refractivity contribution in [3.63, 3.8) is 0 Å². The molecule has 5 rings (SSSR count). The first-order valence-electron chi connectivity index (χ1n) is 10.9. The molecule has 0 saturated heterocycles. The topological polar surface area (TPSA) is 51.3 Å². The number of hydrazone groups is 1. The standard InChI is InChI=1S/C28H24N4O/c1-21-25(23-13-5-8-16-27(23)32(21)20-22-11-3-2-4-12-22)19-29-30-28(33)24-14-6-7-15-26(24)31-17-9-10-18-31/h2-19H,20H2,1H3,(H,30,33)/b29-19+. The second kappa shape index (κ2) is 9.01. The molecule has 0 fully saturated rings. The zero-order chi connectivity index (χ0) is 22.6. The van der Waals surface area contributed by atoms with Crippen LogP contribution in [0.15, 0.2) is 108 Å². The summed E-state index contributed by atoms with van der Waals surface area (Å²) in [5, 5.41) is 5.43. The summed E-state index contributed by atoms with van der Waals surface area (Å²) in [5.41, 5.74) is 8.57. The van der Waals surface area contributed by atoms with Gasteiger partial charge >= 0.3 is 0 Å². The number of aromatic nitrogens is 2. The maximum atomic E-state index is 12.9. The van der Waals surface area contributed by atoms with Gasteiger partial charge in [-0.05, 0) is 42.8 Å². The SMILES string of the molecule is Cc1c(/C=N/NC(=O)c2ccccc2-n2cccc2)c2ccccc2n1Cc1ccccc1. The van der Waals surface area contributed by atoms with Crippen LogP contribution in [0, 0.1) is 6.92 Å². The smallest absolute Gasteiger partial charge is 0.273 e. The molecule has 2 aromatic heterocycles. The lowest BCUT2D eigenvalue weighted by molar-refractivity contribution is 0.0955. The minimum absolute atomic E-state index is 0.249. The Kier molecular flexibility index (Phi) is 5.60. The quantitative estimate of drug-likeness (QED) is 0.277. The molecule has 0 aliphatic rings. The number of nitrogens with zero attached hydrogens (tertiary/aromatic N) is 3. The summed E-state index contributed by atoms with van der Waals surface area (Å²) in [4.78, 5) is 12.9. The molecule has 0 radical (unpaired) electrons. The zero-order valence-electron chi connectivity index (χ0n) is 18.3. The number of nitrogens with one attached hydrogen (secondary N) is 1. The summed E-state index contributed by atoms with van der Waals surface area (Å²) >= 11 is 0. The van der Waals surface area contributed by atoms with Crippen LogP contribution in [0.25, 0.3) is 16.6 Å². The zero-order valence-corrected chi connectivity index (χ0v) is 18.3. The third-order valence-corrected chi connectivity index (χ3v) is 5.85. The minimum Gasteiger partial charge on any atom is -0.340 e. The molecule has 0 saturated carbocycles. The van der Waals surface area contributed by atoms with E-state index in [0.717, 1.165) is 34.4 Å². The molecule has 0 aliphatic carbocycles. The molecule has 5 heteroatoms. The highest BCUT2D eigenvalue weighted by Crippen LogP contribution is 2.25. The van der Waals surface area contributed by atoms with Crippen LogP contribution in [0.5, 0.6) is 0 Å². The Hall–Kier alpha value is -4.38. The predicted octanol–water partition coefficient (Wildman–Crippen LogP) is 5.55. The van der Waals surface area contributed by atoms with Crippen molar-refractivity contribution in [2.24, 2.45) is 5.10 Å². The normalized spacial score (nSPS) is 11.3. The molecule has 0 unspecified atom stereocenters. The number of amides is 1. The molecule has 5 nitrogen and oxygen atoms in total. The number of hydrogen-bond donors (Lipinski definition) is 1. The molecule has 5 aromatic rings. The van der Waals surface area contributed by atoms with Gasteiger partial charge in [0.1, 0.15) is 0 Å². The van der Waals surface area contributed by atoms with E-state index < -0.39 is 0 Å². The van der Waals surface area contributed by atoms with E-state index in [1.54, 1.807) is 12.3 Å². The third kappa shape index (κ3) is 4.08. The number of carbonyl (C=O) groups is 1. The Morgan fingerprint density at radius 3 is 2.39 bits per heavy atom. The lowest BCUT2D eigenvalue weighted by Crippen LogP contribution is -2.19. The second-order valence-electron chi connectivity index (χ2n) is 7.89. The van der Waals surface area contributed by atoms with Gasteiger partial charge in [0.15, 0.2) is 0 Å². The molecule has 0 aliphatic heterocycles. The van der Waals surface area contributed by atoms with Crippen molar-refractivity contribution in [1.82, 2.24) is 14.6 Å². The number of rotatable bonds is 6. The minimum atomic E-state index is -0.249. The molecule has 0 bridgehead atoms. The van der Waals surface area contributed by atoms with Crippen LogP contribution in [0.3, 0.4) is 0 Å². The molecule has 162 valence electrons. The fraction of sp³-hybridized carbons (Fsp3) is 0.0714.